The fourth-order valence-corrected chi connectivity index (χ4v) is 2.97. The van der Waals surface area contributed by atoms with E-state index in [9.17, 15) is 14.4 Å². The monoisotopic (exact) mass is 352 g/mol. The summed E-state index contributed by atoms with van der Waals surface area (Å²) in [6.07, 6.45) is 2.24. The highest BCUT2D eigenvalue weighted by Gasteiger charge is 2.21. The molecule has 0 radical (unpaired) electrons. The average Bonchev–Trinajstić information content (AvgIpc) is 3.06. The number of nitrogens with one attached hydrogen (secondary N) is 1. The number of hydrogen-bond acceptors (Lipinski definition) is 3. The van der Waals surface area contributed by atoms with Crippen LogP contribution in [0.4, 0.5) is 11.4 Å². The molecule has 2 aromatic carbocycles. The maximum absolute atomic E-state index is 12.2. The molecule has 0 unspecified atom stereocenters. The van der Waals surface area contributed by atoms with E-state index >= 15 is 0 Å². The predicted octanol–water partition coefficient (Wildman–Crippen LogP) is 3.08. The molecular formula is C20H20N2O4. The molecule has 0 bridgehead atoms. The molecule has 1 heterocycles. The fourth-order valence-electron chi connectivity index (χ4n) is 2.97. The number of nitrogens with zero attached hydrogens (tertiary/aromatic N) is 1. The van der Waals surface area contributed by atoms with E-state index in [2.05, 4.69) is 5.32 Å². The number of anilines is 2. The van der Waals surface area contributed by atoms with Crippen molar-refractivity contribution in [2.45, 2.75) is 25.7 Å². The van der Waals surface area contributed by atoms with E-state index < -0.39 is 5.97 Å². The van der Waals surface area contributed by atoms with Gasteiger partial charge in [0.15, 0.2) is 0 Å². The van der Waals surface area contributed by atoms with Crippen LogP contribution < -0.4 is 10.2 Å². The van der Waals surface area contributed by atoms with Crippen LogP contribution in [0, 0.1) is 0 Å². The summed E-state index contributed by atoms with van der Waals surface area (Å²) in [5, 5.41) is 11.7. The molecule has 6 heteroatoms. The van der Waals surface area contributed by atoms with Crippen molar-refractivity contribution in [1.29, 1.82) is 0 Å². The third-order valence-electron chi connectivity index (χ3n) is 4.36. The normalized spacial score (nSPS) is 13.7. The minimum absolute atomic E-state index is 0.110. The molecule has 1 saturated heterocycles. The Balaban J connectivity index is 1.56. The first-order chi connectivity index (χ1) is 12.5. The van der Waals surface area contributed by atoms with Crippen LogP contribution in [-0.2, 0) is 16.0 Å². The first-order valence-corrected chi connectivity index (χ1v) is 8.55. The zero-order valence-corrected chi connectivity index (χ0v) is 14.3. The molecule has 2 aromatic rings. The van der Waals surface area contributed by atoms with Crippen LogP contribution >= 0.6 is 0 Å². The third kappa shape index (κ3) is 4.27. The van der Waals surface area contributed by atoms with Gasteiger partial charge in [-0.25, -0.2) is 4.79 Å². The van der Waals surface area contributed by atoms with E-state index in [0.29, 0.717) is 31.5 Å². The van der Waals surface area contributed by atoms with E-state index in [4.69, 9.17) is 5.11 Å². The maximum atomic E-state index is 12.2. The van der Waals surface area contributed by atoms with Crippen molar-refractivity contribution in [2.24, 2.45) is 0 Å². The van der Waals surface area contributed by atoms with Gasteiger partial charge in [-0.05, 0) is 48.7 Å². The smallest absolute Gasteiger partial charge is 0.335 e. The molecule has 0 aromatic heterocycles. The standard InChI is InChI=1S/C20H20N2O4/c23-18(11-8-14-6-9-15(10-7-14)20(25)26)21-16-3-1-4-17(13-16)22-12-2-5-19(22)24/h1,3-4,6-7,9-10,13H,2,5,8,11-12H2,(H,21,23)(H,25,26). The number of rotatable bonds is 6. The molecule has 1 aliphatic heterocycles. The van der Waals surface area contributed by atoms with Gasteiger partial charge in [-0.2, -0.15) is 0 Å². The quantitative estimate of drug-likeness (QED) is 0.836. The van der Waals surface area contributed by atoms with Gasteiger partial charge in [0.1, 0.15) is 0 Å². The summed E-state index contributed by atoms with van der Waals surface area (Å²) in [6.45, 7) is 0.711. The summed E-state index contributed by atoms with van der Waals surface area (Å²) in [5.74, 6) is -0.985. The molecule has 0 atom stereocenters. The largest absolute Gasteiger partial charge is 0.478 e. The Morgan fingerprint density at radius 1 is 1.12 bits per heavy atom. The highest BCUT2D eigenvalue weighted by molar-refractivity contribution is 5.97. The Morgan fingerprint density at radius 2 is 1.88 bits per heavy atom. The van der Waals surface area contributed by atoms with Crippen LogP contribution in [-0.4, -0.2) is 29.4 Å². The second kappa shape index (κ2) is 7.82. The Labute approximate surface area is 151 Å². The summed E-state index contributed by atoms with van der Waals surface area (Å²) < 4.78 is 0. The van der Waals surface area contributed by atoms with Gasteiger partial charge in [0.05, 0.1) is 5.56 Å². The lowest BCUT2D eigenvalue weighted by Crippen LogP contribution is -2.23. The maximum Gasteiger partial charge on any atom is 0.335 e. The van der Waals surface area contributed by atoms with Gasteiger partial charge in [-0.3, -0.25) is 9.59 Å². The molecule has 2 amide bonds. The van der Waals surface area contributed by atoms with Crippen molar-refractivity contribution < 1.29 is 19.5 Å². The number of amides is 2. The lowest BCUT2D eigenvalue weighted by Gasteiger charge is -2.16. The number of carbonyl (C=O) groups is 3. The summed E-state index contributed by atoms with van der Waals surface area (Å²) in [7, 11) is 0. The summed E-state index contributed by atoms with van der Waals surface area (Å²) in [6, 6.07) is 13.8. The molecule has 2 N–H and O–H groups in total. The minimum Gasteiger partial charge on any atom is -0.478 e. The van der Waals surface area contributed by atoms with E-state index in [1.165, 1.54) is 12.1 Å². The molecule has 3 rings (SSSR count). The second-order valence-corrected chi connectivity index (χ2v) is 6.25. The van der Waals surface area contributed by atoms with Crippen molar-refractivity contribution in [1.82, 2.24) is 0 Å². The SMILES string of the molecule is O=C(CCc1ccc(C(=O)O)cc1)Nc1cccc(N2CCCC2=O)c1. The zero-order valence-electron chi connectivity index (χ0n) is 14.3. The van der Waals surface area contributed by atoms with Crippen LogP contribution in [0.2, 0.25) is 0 Å². The van der Waals surface area contributed by atoms with Crippen LogP contribution in [0.3, 0.4) is 0 Å². The average molecular weight is 352 g/mol. The van der Waals surface area contributed by atoms with E-state index in [1.807, 2.05) is 18.2 Å². The van der Waals surface area contributed by atoms with Crippen molar-refractivity contribution in [3.63, 3.8) is 0 Å². The molecule has 0 aliphatic carbocycles. The van der Waals surface area contributed by atoms with E-state index in [-0.39, 0.29) is 17.4 Å². The van der Waals surface area contributed by atoms with Gasteiger partial charge in [-0.15, -0.1) is 0 Å². The van der Waals surface area contributed by atoms with Crippen LogP contribution in [0.1, 0.15) is 35.2 Å². The first-order valence-electron chi connectivity index (χ1n) is 8.55. The molecule has 6 nitrogen and oxygen atoms in total. The van der Waals surface area contributed by atoms with E-state index in [1.54, 1.807) is 23.1 Å². The molecule has 0 spiro atoms. The van der Waals surface area contributed by atoms with Gasteiger partial charge in [0.25, 0.3) is 0 Å². The number of aromatic carboxylic acids is 1. The topological polar surface area (TPSA) is 86.7 Å². The molecular weight excluding hydrogens is 332 g/mol. The third-order valence-corrected chi connectivity index (χ3v) is 4.36. The highest BCUT2D eigenvalue weighted by atomic mass is 16.4. The van der Waals surface area contributed by atoms with Gasteiger partial charge >= 0.3 is 5.97 Å². The number of carboxylic acids is 1. The molecule has 1 aliphatic rings. The number of hydrogen-bond donors (Lipinski definition) is 2. The lowest BCUT2D eigenvalue weighted by molar-refractivity contribution is -0.117. The Bertz CT molecular complexity index is 830. The zero-order chi connectivity index (χ0) is 18.5. The Morgan fingerprint density at radius 3 is 2.54 bits per heavy atom. The number of aryl methyl sites for hydroxylation is 1. The minimum atomic E-state index is -0.967. The lowest BCUT2D eigenvalue weighted by atomic mass is 10.1. The van der Waals surface area contributed by atoms with Crippen LogP contribution in [0.5, 0.6) is 0 Å². The van der Waals surface area contributed by atoms with Crippen molar-refractivity contribution in [2.75, 3.05) is 16.8 Å². The number of carbonyl (C=O) groups excluding carboxylic acids is 2. The predicted molar refractivity (Wildman–Crippen MR) is 98.4 cm³/mol. The van der Waals surface area contributed by atoms with Crippen LogP contribution in [0.25, 0.3) is 0 Å². The number of carboxylic acid groups (broad SMARTS) is 1. The van der Waals surface area contributed by atoms with Crippen molar-refractivity contribution in [3.8, 4) is 0 Å². The fraction of sp³-hybridized carbons (Fsp3) is 0.250. The van der Waals surface area contributed by atoms with Gasteiger partial charge in [0, 0.05) is 30.8 Å². The molecule has 26 heavy (non-hydrogen) atoms. The van der Waals surface area contributed by atoms with Gasteiger partial charge in [-0.1, -0.05) is 18.2 Å². The van der Waals surface area contributed by atoms with Crippen molar-refractivity contribution >= 4 is 29.2 Å². The summed E-state index contributed by atoms with van der Waals surface area (Å²) in [4.78, 5) is 36.6. The summed E-state index contributed by atoms with van der Waals surface area (Å²) in [5.41, 5.74) is 2.59. The second-order valence-electron chi connectivity index (χ2n) is 6.25. The first kappa shape index (κ1) is 17.7. The Hall–Kier alpha value is -3.15. The number of benzene rings is 2. The molecule has 0 saturated carbocycles. The van der Waals surface area contributed by atoms with Crippen LogP contribution in [0.15, 0.2) is 48.5 Å². The Kier molecular flexibility index (Phi) is 5.31. The molecule has 1 fully saturated rings. The highest BCUT2D eigenvalue weighted by Crippen LogP contribution is 2.24. The van der Waals surface area contributed by atoms with Crippen molar-refractivity contribution in [3.05, 3.63) is 59.7 Å². The van der Waals surface area contributed by atoms with Gasteiger partial charge in [0.2, 0.25) is 11.8 Å². The van der Waals surface area contributed by atoms with Gasteiger partial charge < -0.3 is 15.3 Å². The summed E-state index contributed by atoms with van der Waals surface area (Å²) >= 11 is 0. The van der Waals surface area contributed by atoms with E-state index in [0.717, 1.165) is 17.7 Å². The molecule has 134 valence electrons.